The van der Waals surface area contributed by atoms with Crippen LogP contribution in [0, 0.1) is 6.92 Å². The van der Waals surface area contributed by atoms with Crippen molar-refractivity contribution in [1.29, 1.82) is 0 Å². The first-order chi connectivity index (χ1) is 11.0. The number of thiazole rings is 1. The van der Waals surface area contributed by atoms with E-state index in [4.69, 9.17) is 4.74 Å². The Kier molecular flexibility index (Phi) is 5.59. The summed E-state index contributed by atoms with van der Waals surface area (Å²) in [6.45, 7) is 3.92. The van der Waals surface area contributed by atoms with E-state index in [1.165, 1.54) is 0 Å². The van der Waals surface area contributed by atoms with Crippen LogP contribution in [0.3, 0.4) is 0 Å². The van der Waals surface area contributed by atoms with Gasteiger partial charge in [0.25, 0.3) is 11.7 Å². The number of anilines is 1. The molecule has 6 nitrogen and oxygen atoms in total. The molecule has 0 spiro atoms. The second kappa shape index (κ2) is 7.64. The van der Waals surface area contributed by atoms with Crippen LogP contribution in [0.15, 0.2) is 29.6 Å². The maximum atomic E-state index is 12.0. The topological polar surface area (TPSA) is 85.4 Å². The van der Waals surface area contributed by atoms with Crippen molar-refractivity contribution in [2.45, 2.75) is 20.3 Å². The van der Waals surface area contributed by atoms with Gasteiger partial charge in [-0.3, -0.25) is 19.7 Å². The summed E-state index contributed by atoms with van der Waals surface area (Å²) in [5, 5.41) is 4.36. The zero-order valence-corrected chi connectivity index (χ0v) is 13.6. The Morgan fingerprint density at radius 2 is 1.91 bits per heavy atom. The number of amides is 1. The summed E-state index contributed by atoms with van der Waals surface area (Å²) in [7, 11) is 0. The molecule has 0 unspecified atom stereocenters. The Hall–Kier alpha value is -2.54. The number of nitrogens with one attached hydrogen (secondary N) is 1. The van der Waals surface area contributed by atoms with Crippen LogP contribution in [0.5, 0.6) is 0 Å². The first-order valence-corrected chi connectivity index (χ1v) is 7.90. The molecule has 120 valence electrons. The highest BCUT2D eigenvalue weighted by atomic mass is 32.1. The lowest BCUT2D eigenvalue weighted by molar-refractivity contribution is -0.142. The maximum absolute atomic E-state index is 12.0. The van der Waals surface area contributed by atoms with Crippen molar-refractivity contribution in [2.75, 3.05) is 11.9 Å². The molecule has 0 saturated heterocycles. The molecular formula is C16H16N2O4S. The Bertz CT molecular complexity index is 722. The van der Waals surface area contributed by atoms with Crippen molar-refractivity contribution >= 4 is 34.1 Å². The van der Waals surface area contributed by atoms with Gasteiger partial charge in [0, 0.05) is 10.9 Å². The summed E-state index contributed by atoms with van der Waals surface area (Å²) >= 11 is 1.15. The number of aryl methyl sites for hydroxylation is 1. The Labute approximate surface area is 137 Å². The molecule has 0 atom stereocenters. The van der Waals surface area contributed by atoms with Crippen LogP contribution in [0.2, 0.25) is 0 Å². The highest BCUT2D eigenvalue weighted by molar-refractivity contribution is 7.14. The number of ether oxygens (including phenoxy) is 1. The number of rotatable bonds is 6. The molecule has 0 radical (unpaired) electrons. The Morgan fingerprint density at radius 1 is 1.22 bits per heavy atom. The molecule has 0 fully saturated rings. The van der Waals surface area contributed by atoms with Crippen LogP contribution in [0.25, 0.3) is 0 Å². The molecule has 0 bridgehead atoms. The zero-order chi connectivity index (χ0) is 16.8. The molecular weight excluding hydrogens is 316 g/mol. The highest BCUT2D eigenvalue weighted by Crippen LogP contribution is 2.16. The van der Waals surface area contributed by atoms with Gasteiger partial charge in [0.2, 0.25) is 0 Å². The molecule has 23 heavy (non-hydrogen) atoms. The van der Waals surface area contributed by atoms with Gasteiger partial charge in [-0.1, -0.05) is 29.8 Å². The number of carbonyl (C=O) groups excluding carboxylic acids is 3. The number of hydrogen-bond acceptors (Lipinski definition) is 6. The molecule has 2 rings (SSSR count). The molecule has 0 aliphatic rings. The van der Waals surface area contributed by atoms with Crippen molar-refractivity contribution in [3.05, 3.63) is 46.5 Å². The number of esters is 1. The van der Waals surface area contributed by atoms with E-state index in [1.54, 1.807) is 36.6 Å². The van der Waals surface area contributed by atoms with Crippen LogP contribution in [-0.4, -0.2) is 29.3 Å². The average molecular weight is 332 g/mol. The lowest BCUT2D eigenvalue weighted by Crippen LogP contribution is -2.22. The lowest BCUT2D eigenvalue weighted by atomic mass is 10.1. The van der Waals surface area contributed by atoms with Gasteiger partial charge in [-0.05, 0) is 13.8 Å². The van der Waals surface area contributed by atoms with Gasteiger partial charge in [0.15, 0.2) is 5.13 Å². The number of ketones is 1. The molecule has 1 heterocycles. The first kappa shape index (κ1) is 16.8. The second-order valence-corrected chi connectivity index (χ2v) is 5.63. The quantitative estimate of drug-likeness (QED) is 0.499. The third kappa shape index (κ3) is 4.72. The van der Waals surface area contributed by atoms with Crippen LogP contribution in [0.4, 0.5) is 5.13 Å². The largest absolute Gasteiger partial charge is 0.466 e. The van der Waals surface area contributed by atoms with Crippen molar-refractivity contribution in [3.63, 3.8) is 0 Å². The SMILES string of the molecule is CCOC(=O)Cc1csc(NC(=O)C(=O)c2ccc(C)cc2)n1. The fourth-order valence-corrected chi connectivity index (χ4v) is 2.50. The van der Waals surface area contributed by atoms with E-state index in [1.807, 2.05) is 6.92 Å². The monoisotopic (exact) mass is 332 g/mol. The number of aromatic nitrogens is 1. The standard InChI is InChI=1S/C16H16N2O4S/c1-3-22-13(19)8-12-9-23-16(17-12)18-15(21)14(20)11-6-4-10(2)5-7-11/h4-7,9H,3,8H2,1-2H3,(H,17,18,21). The van der Waals surface area contributed by atoms with Gasteiger partial charge < -0.3 is 4.74 Å². The molecule has 7 heteroatoms. The van der Waals surface area contributed by atoms with Crippen molar-refractivity contribution in [3.8, 4) is 0 Å². The van der Waals surface area contributed by atoms with Crippen LogP contribution < -0.4 is 5.32 Å². The molecule has 0 aliphatic heterocycles. The van der Waals surface area contributed by atoms with Crippen molar-refractivity contribution in [2.24, 2.45) is 0 Å². The minimum Gasteiger partial charge on any atom is -0.466 e. The van der Waals surface area contributed by atoms with Gasteiger partial charge in [-0.15, -0.1) is 11.3 Å². The molecule has 1 amide bonds. The first-order valence-electron chi connectivity index (χ1n) is 7.02. The summed E-state index contributed by atoms with van der Waals surface area (Å²) in [5.41, 5.74) is 1.81. The highest BCUT2D eigenvalue weighted by Gasteiger charge is 2.18. The lowest BCUT2D eigenvalue weighted by Gasteiger charge is -2.02. The maximum Gasteiger partial charge on any atom is 0.311 e. The van der Waals surface area contributed by atoms with Gasteiger partial charge >= 0.3 is 5.97 Å². The van der Waals surface area contributed by atoms with Gasteiger partial charge in [-0.25, -0.2) is 4.98 Å². The summed E-state index contributed by atoms with van der Waals surface area (Å²) in [6.07, 6.45) is 0.0338. The minimum absolute atomic E-state index is 0.0338. The number of Topliss-reactive ketones (excluding diaryl/α,β-unsaturated/α-hetero) is 1. The Morgan fingerprint density at radius 3 is 2.57 bits per heavy atom. The molecule has 1 aromatic heterocycles. The van der Waals surface area contributed by atoms with E-state index in [-0.39, 0.29) is 17.5 Å². The van der Waals surface area contributed by atoms with Crippen LogP contribution in [0.1, 0.15) is 28.5 Å². The van der Waals surface area contributed by atoms with E-state index < -0.39 is 11.7 Å². The minimum atomic E-state index is -0.758. The number of nitrogens with zero attached hydrogens (tertiary/aromatic N) is 1. The summed E-state index contributed by atoms with van der Waals surface area (Å²) in [6, 6.07) is 6.74. The average Bonchev–Trinajstić information content (AvgIpc) is 2.94. The molecule has 2 aromatic rings. The van der Waals surface area contributed by atoms with E-state index >= 15 is 0 Å². The van der Waals surface area contributed by atoms with Crippen molar-refractivity contribution < 1.29 is 19.1 Å². The fraction of sp³-hybridized carbons (Fsp3) is 0.250. The zero-order valence-electron chi connectivity index (χ0n) is 12.8. The Balaban J connectivity index is 1.97. The van der Waals surface area contributed by atoms with Crippen molar-refractivity contribution in [1.82, 2.24) is 4.98 Å². The fourth-order valence-electron chi connectivity index (χ4n) is 1.80. The van der Waals surface area contributed by atoms with E-state index in [2.05, 4.69) is 10.3 Å². The third-order valence-corrected chi connectivity index (χ3v) is 3.73. The van der Waals surface area contributed by atoms with Crippen LogP contribution >= 0.6 is 11.3 Å². The predicted octanol–water partition coefficient (Wildman–Crippen LogP) is 2.38. The molecule has 0 saturated carbocycles. The molecule has 1 aromatic carbocycles. The normalized spacial score (nSPS) is 10.2. The number of hydrogen-bond donors (Lipinski definition) is 1. The second-order valence-electron chi connectivity index (χ2n) is 4.78. The molecule has 0 aliphatic carbocycles. The van der Waals surface area contributed by atoms with Crippen LogP contribution in [-0.2, 0) is 20.7 Å². The summed E-state index contributed by atoms with van der Waals surface area (Å²) < 4.78 is 4.83. The van der Waals surface area contributed by atoms with E-state index in [0.29, 0.717) is 17.9 Å². The summed E-state index contributed by atoms with van der Waals surface area (Å²) in [4.78, 5) is 39.4. The molecule has 1 N–H and O–H groups in total. The van der Waals surface area contributed by atoms with Gasteiger partial charge in [0.05, 0.1) is 18.7 Å². The third-order valence-electron chi connectivity index (χ3n) is 2.92. The smallest absolute Gasteiger partial charge is 0.311 e. The van der Waals surface area contributed by atoms with E-state index in [0.717, 1.165) is 16.9 Å². The summed E-state index contributed by atoms with van der Waals surface area (Å²) in [5.74, 6) is -1.77. The van der Waals surface area contributed by atoms with Gasteiger partial charge in [0.1, 0.15) is 0 Å². The number of benzene rings is 1. The van der Waals surface area contributed by atoms with Gasteiger partial charge in [-0.2, -0.15) is 0 Å². The van der Waals surface area contributed by atoms with E-state index in [9.17, 15) is 14.4 Å². The predicted molar refractivity (Wildman–Crippen MR) is 86.6 cm³/mol. The number of carbonyl (C=O) groups is 3.